The van der Waals surface area contributed by atoms with Crippen molar-refractivity contribution in [3.05, 3.63) is 70.4 Å². The fourth-order valence-corrected chi connectivity index (χ4v) is 3.65. The first-order valence-corrected chi connectivity index (χ1v) is 10.6. The zero-order valence-electron chi connectivity index (χ0n) is 18.3. The van der Waals surface area contributed by atoms with Crippen LogP contribution in [0.5, 0.6) is 0 Å². The van der Waals surface area contributed by atoms with Crippen LogP contribution < -0.4 is 5.69 Å². The highest BCUT2D eigenvalue weighted by molar-refractivity contribution is 5.80. The zero-order valence-corrected chi connectivity index (χ0v) is 18.3. The van der Waals surface area contributed by atoms with E-state index in [4.69, 9.17) is 0 Å². The summed E-state index contributed by atoms with van der Waals surface area (Å²) in [6.07, 6.45) is 0.931. The van der Waals surface area contributed by atoms with Gasteiger partial charge in [0.05, 0.1) is 12.6 Å². The topological polar surface area (TPSA) is 94.3 Å². The summed E-state index contributed by atoms with van der Waals surface area (Å²) >= 11 is 0. The van der Waals surface area contributed by atoms with Crippen LogP contribution >= 0.6 is 0 Å². The lowest BCUT2D eigenvalue weighted by Crippen LogP contribution is -2.27. The molecule has 0 aliphatic rings. The summed E-state index contributed by atoms with van der Waals surface area (Å²) in [6, 6.07) is 16.3. The van der Waals surface area contributed by atoms with E-state index in [9.17, 15) is 4.79 Å². The lowest BCUT2D eigenvalue weighted by molar-refractivity contribution is 0.502. The van der Waals surface area contributed by atoms with Gasteiger partial charge in [-0.05, 0) is 47.4 Å². The predicted molar refractivity (Wildman–Crippen MR) is 120 cm³/mol. The van der Waals surface area contributed by atoms with Gasteiger partial charge in [-0.2, -0.15) is 5.10 Å². The molecule has 0 aliphatic heterocycles. The van der Waals surface area contributed by atoms with Gasteiger partial charge < -0.3 is 0 Å². The maximum absolute atomic E-state index is 13.0. The minimum atomic E-state index is -0.0578. The van der Waals surface area contributed by atoms with Crippen LogP contribution in [-0.2, 0) is 6.54 Å². The fraction of sp³-hybridized carbons (Fsp3) is 0.348. The van der Waals surface area contributed by atoms with E-state index in [0.29, 0.717) is 12.4 Å². The Labute approximate surface area is 180 Å². The normalized spacial score (nSPS) is 12.4. The minimum Gasteiger partial charge on any atom is -0.274 e. The number of rotatable bonds is 7. The van der Waals surface area contributed by atoms with Gasteiger partial charge in [-0.15, -0.1) is 5.10 Å². The third kappa shape index (κ3) is 4.05. The van der Waals surface area contributed by atoms with Crippen molar-refractivity contribution >= 4 is 0 Å². The van der Waals surface area contributed by atoms with E-state index in [0.717, 1.165) is 34.5 Å². The van der Waals surface area contributed by atoms with E-state index in [1.54, 1.807) is 9.25 Å². The Morgan fingerprint density at radius 2 is 1.71 bits per heavy atom. The summed E-state index contributed by atoms with van der Waals surface area (Å²) < 4.78 is 3.38. The predicted octanol–water partition coefficient (Wildman–Crippen LogP) is 4.03. The molecule has 0 fully saturated rings. The van der Waals surface area contributed by atoms with Crippen LogP contribution in [0.3, 0.4) is 0 Å². The zero-order chi connectivity index (χ0) is 22.0. The highest BCUT2D eigenvalue weighted by Gasteiger charge is 2.19. The van der Waals surface area contributed by atoms with E-state index in [1.807, 2.05) is 38.1 Å². The number of nitrogens with zero attached hydrogens (tertiary/aromatic N) is 6. The number of nitrogens with one attached hydrogen (secondary N) is 1. The van der Waals surface area contributed by atoms with Crippen LogP contribution in [0.25, 0.3) is 22.5 Å². The van der Waals surface area contributed by atoms with E-state index in [2.05, 4.69) is 63.8 Å². The first-order valence-electron chi connectivity index (χ1n) is 10.6. The molecule has 2 aromatic heterocycles. The SMILES string of the molecule is CCC(C)c1nn(C(C)C)c(=O)n1Cc1ccc(-c2ccccc2-c2nnn[nH]2)cc1. The summed E-state index contributed by atoms with van der Waals surface area (Å²) in [4.78, 5) is 13.0. The molecule has 1 N–H and O–H groups in total. The van der Waals surface area contributed by atoms with Crippen molar-refractivity contribution < 1.29 is 0 Å². The molecule has 1 atom stereocenters. The summed E-state index contributed by atoms with van der Waals surface area (Å²) in [5.74, 6) is 1.69. The third-order valence-electron chi connectivity index (χ3n) is 5.59. The van der Waals surface area contributed by atoms with Crippen LogP contribution in [0.15, 0.2) is 53.3 Å². The number of hydrogen-bond donors (Lipinski definition) is 1. The van der Waals surface area contributed by atoms with Gasteiger partial charge in [0.2, 0.25) is 0 Å². The maximum atomic E-state index is 13.0. The van der Waals surface area contributed by atoms with Crippen LogP contribution in [-0.4, -0.2) is 35.0 Å². The van der Waals surface area contributed by atoms with Gasteiger partial charge in [0, 0.05) is 11.5 Å². The number of aromatic amines is 1. The molecule has 160 valence electrons. The first kappa shape index (κ1) is 20.7. The van der Waals surface area contributed by atoms with Gasteiger partial charge >= 0.3 is 5.69 Å². The smallest absolute Gasteiger partial charge is 0.274 e. The second-order valence-electron chi connectivity index (χ2n) is 8.07. The Morgan fingerprint density at radius 3 is 2.32 bits per heavy atom. The highest BCUT2D eigenvalue weighted by atomic mass is 16.2. The Hall–Kier alpha value is -3.55. The molecular weight excluding hydrogens is 390 g/mol. The molecule has 0 spiro atoms. The Morgan fingerprint density at radius 1 is 1.00 bits per heavy atom. The molecule has 2 heterocycles. The van der Waals surface area contributed by atoms with Crippen molar-refractivity contribution in [3.63, 3.8) is 0 Å². The monoisotopic (exact) mass is 417 g/mol. The molecule has 0 saturated heterocycles. The first-order chi connectivity index (χ1) is 15.0. The van der Waals surface area contributed by atoms with Gasteiger partial charge in [0.25, 0.3) is 0 Å². The molecule has 0 saturated carbocycles. The van der Waals surface area contributed by atoms with E-state index in [1.165, 1.54) is 0 Å². The van der Waals surface area contributed by atoms with Gasteiger partial charge in [0.1, 0.15) is 5.82 Å². The molecule has 4 rings (SSSR count). The van der Waals surface area contributed by atoms with Crippen molar-refractivity contribution in [2.75, 3.05) is 0 Å². The molecule has 1 unspecified atom stereocenters. The summed E-state index contributed by atoms with van der Waals surface area (Å²) in [6.45, 7) is 8.69. The van der Waals surface area contributed by atoms with Crippen molar-refractivity contribution in [2.24, 2.45) is 0 Å². The van der Waals surface area contributed by atoms with Gasteiger partial charge in [-0.3, -0.25) is 4.57 Å². The van der Waals surface area contributed by atoms with Crippen molar-refractivity contribution in [3.8, 4) is 22.5 Å². The summed E-state index contributed by atoms with van der Waals surface area (Å²) in [5.41, 5.74) is 4.03. The quantitative estimate of drug-likeness (QED) is 0.490. The average Bonchev–Trinajstić information content (AvgIpc) is 3.43. The number of H-pyrrole nitrogens is 1. The highest BCUT2D eigenvalue weighted by Crippen LogP contribution is 2.30. The molecule has 8 nitrogen and oxygen atoms in total. The van der Waals surface area contributed by atoms with Gasteiger partial charge in [0.15, 0.2) is 5.82 Å². The molecule has 0 amide bonds. The summed E-state index contributed by atoms with van der Waals surface area (Å²) in [7, 11) is 0. The lowest BCUT2D eigenvalue weighted by Gasteiger charge is -2.11. The van der Waals surface area contributed by atoms with Crippen LogP contribution in [0.4, 0.5) is 0 Å². The molecule has 0 bridgehead atoms. The van der Waals surface area contributed by atoms with Crippen molar-refractivity contribution in [2.45, 2.75) is 52.6 Å². The van der Waals surface area contributed by atoms with Crippen molar-refractivity contribution in [1.82, 2.24) is 35.0 Å². The largest absolute Gasteiger partial charge is 0.346 e. The second-order valence-corrected chi connectivity index (χ2v) is 8.07. The van der Waals surface area contributed by atoms with Crippen molar-refractivity contribution in [1.29, 1.82) is 0 Å². The van der Waals surface area contributed by atoms with Crippen LogP contribution in [0.2, 0.25) is 0 Å². The standard InChI is InChI=1S/C23H27N7O/c1-5-16(4)22-26-30(15(2)3)23(31)29(22)14-17-10-12-18(13-11-17)19-8-6-7-9-20(19)21-24-27-28-25-21/h6-13,15-16H,5,14H2,1-4H3,(H,24,25,27,28). The summed E-state index contributed by atoms with van der Waals surface area (Å²) in [5, 5.41) is 18.9. The Bertz CT molecular complexity index is 1200. The maximum Gasteiger partial charge on any atom is 0.346 e. The number of aromatic nitrogens is 7. The van der Waals surface area contributed by atoms with E-state index >= 15 is 0 Å². The minimum absolute atomic E-state index is 0.0287. The van der Waals surface area contributed by atoms with Gasteiger partial charge in [-0.1, -0.05) is 62.4 Å². The van der Waals surface area contributed by atoms with E-state index in [-0.39, 0.29) is 17.6 Å². The Kier molecular flexibility index (Phi) is 5.79. The number of hydrogen-bond acceptors (Lipinski definition) is 5. The van der Waals surface area contributed by atoms with E-state index < -0.39 is 0 Å². The van der Waals surface area contributed by atoms with Crippen LogP contribution in [0, 0.1) is 0 Å². The molecule has 2 aromatic carbocycles. The number of benzene rings is 2. The molecule has 4 aromatic rings. The molecule has 8 heteroatoms. The molecule has 0 aliphatic carbocycles. The third-order valence-corrected chi connectivity index (χ3v) is 5.59. The second kappa shape index (κ2) is 8.67. The van der Waals surface area contributed by atoms with Gasteiger partial charge in [-0.25, -0.2) is 14.6 Å². The average molecular weight is 418 g/mol. The lowest BCUT2D eigenvalue weighted by atomic mass is 9.98. The molecule has 31 heavy (non-hydrogen) atoms. The fourth-order valence-electron chi connectivity index (χ4n) is 3.65. The van der Waals surface area contributed by atoms with Crippen LogP contribution in [0.1, 0.15) is 57.5 Å². The molecule has 0 radical (unpaired) electrons. The number of tetrazole rings is 1. The molecular formula is C23H27N7O. The Balaban J connectivity index is 1.66.